The molecule has 0 aromatic heterocycles. The maximum absolute atomic E-state index is 13.7. The lowest BCUT2D eigenvalue weighted by atomic mass is 9.96. The molecule has 180 valence electrons. The van der Waals surface area contributed by atoms with Gasteiger partial charge >= 0.3 is 6.09 Å². The standard InChI is InChI=1S/C24H39N3O4S/c1-9-17(5)27(22(29)19(14-32)26-23(30)31-24(6,7)8)20(21(28)25-15(2)3)18-13-11-10-12-16(18)4/h10-13,15,17,19-20,32H,9,14H2,1-8H3,(H,25,28)(H,26,30). The number of hydrogen-bond acceptors (Lipinski definition) is 5. The summed E-state index contributed by atoms with van der Waals surface area (Å²) >= 11 is 4.30. The molecule has 0 aliphatic carbocycles. The van der Waals surface area contributed by atoms with Crippen LogP contribution in [0.25, 0.3) is 0 Å². The van der Waals surface area contributed by atoms with Crippen LogP contribution in [0.5, 0.6) is 0 Å². The summed E-state index contributed by atoms with van der Waals surface area (Å²) in [7, 11) is 0. The van der Waals surface area contributed by atoms with E-state index in [0.717, 1.165) is 11.1 Å². The van der Waals surface area contributed by atoms with Crippen LogP contribution in [0.3, 0.4) is 0 Å². The number of hydrogen-bond donors (Lipinski definition) is 3. The number of carbonyl (C=O) groups excluding carboxylic acids is 3. The molecule has 0 aliphatic rings. The Labute approximate surface area is 198 Å². The molecule has 7 nitrogen and oxygen atoms in total. The van der Waals surface area contributed by atoms with E-state index < -0.39 is 23.8 Å². The molecule has 3 amide bonds. The number of amides is 3. The Hall–Kier alpha value is -2.22. The fourth-order valence-electron chi connectivity index (χ4n) is 3.29. The van der Waals surface area contributed by atoms with E-state index in [1.54, 1.807) is 25.7 Å². The number of nitrogens with zero attached hydrogens (tertiary/aromatic N) is 1. The van der Waals surface area contributed by atoms with Gasteiger partial charge in [0.2, 0.25) is 11.8 Å². The molecule has 3 atom stereocenters. The number of aryl methyl sites for hydroxylation is 1. The zero-order valence-corrected chi connectivity index (χ0v) is 21.5. The lowest BCUT2D eigenvalue weighted by Gasteiger charge is -2.38. The predicted molar refractivity (Wildman–Crippen MR) is 131 cm³/mol. The van der Waals surface area contributed by atoms with Crippen molar-refractivity contribution in [2.45, 2.75) is 91.6 Å². The number of carbonyl (C=O) groups is 3. The van der Waals surface area contributed by atoms with Crippen molar-refractivity contribution in [2.75, 3.05) is 5.75 Å². The SMILES string of the molecule is CCC(C)N(C(=O)C(CS)NC(=O)OC(C)(C)C)C(C(=O)NC(C)C)c1ccccc1C. The molecule has 1 aromatic carbocycles. The van der Waals surface area contributed by atoms with Gasteiger partial charge in [0.05, 0.1) is 0 Å². The largest absolute Gasteiger partial charge is 0.444 e. The average Bonchev–Trinajstić information content (AvgIpc) is 2.68. The van der Waals surface area contributed by atoms with Gasteiger partial charge in [0.1, 0.15) is 17.7 Å². The number of ether oxygens (including phenoxy) is 1. The van der Waals surface area contributed by atoms with Gasteiger partial charge in [-0.05, 0) is 66.0 Å². The van der Waals surface area contributed by atoms with E-state index in [9.17, 15) is 14.4 Å². The number of rotatable bonds is 9. The minimum atomic E-state index is -0.944. The van der Waals surface area contributed by atoms with E-state index in [2.05, 4.69) is 23.3 Å². The summed E-state index contributed by atoms with van der Waals surface area (Å²) in [6.07, 6.45) is -0.0671. The number of benzene rings is 1. The summed E-state index contributed by atoms with van der Waals surface area (Å²) in [6, 6.07) is 5.39. The zero-order valence-electron chi connectivity index (χ0n) is 20.6. The first-order valence-corrected chi connectivity index (χ1v) is 11.7. The van der Waals surface area contributed by atoms with E-state index in [-0.39, 0.29) is 29.7 Å². The van der Waals surface area contributed by atoms with Crippen LogP contribution >= 0.6 is 12.6 Å². The molecule has 1 aromatic rings. The smallest absolute Gasteiger partial charge is 0.408 e. The van der Waals surface area contributed by atoms with Crippen molar-refractivity contribution >= 4 is 30.5 Å². The third-order valence-electron chi connectivity index (χ3n) is 4.93. The van der Waals surface area contributed by atoms with Crippen LogP contribution in [0, 0.1) is 6.92 Å². The van der Waals surface area contributed by atoms with E-state index in [1.807, 2.05) is 58.9 Å². The lowest BCUT2D eigenvalue weighted by molar-refractivity contribution is -0.144. The van der Waals surface area contributed by atoms with Crippen molar-refractivity contribution in [1.82, 2.24) is 15.5 Å². The zero-order chi connectivity index (χ0) is 24.6. The van der Waals surface area contributed by atoms with Crippen LogP contribution in [-0.2, 0) is 14.3 Å². The molecule has 0 saturated carbocycles. The van der Waals surface area contributed by atoms with Crippen LogP contribution in [-0.4, -0.2) is 52.3 Å². The van der Waals surface area contributed by atoms with E-state index in [0.29, 0.717) is 6.42 Å². The van der Waals surface area contributed by atoms with E-state index in [1.165, 1.54) is 0 Å². The molecule has 0 fully saturated rings. The van der Waals surface area contributed by atoms with Crippen LogP contribution in [0.1, 0.15) is 72.1 Å². The minimum absolute atomic E-state index is 0.0668. The summed E-state index contributed by atoms with van der Waals surface area (Å²) in [6.45, 7) is 14.8. The maximum atomic E-state index is 13.7. The molecule has 0 radical (unpaired) electrons. The number of nitrogens with one attached hydrogen (secondary N) is 2. The lowest BCUT2D eigenvalue weighted by Crippen LogP contribution is -2.56. The van der Waals surface area contributed by atoms with Gasteiger partial charge in [0, 0.05) is 17.8 Å². The summed E-state index contributed by atoms with van der Waals surface area (Å²) in [5.74, 6) is -0.581. The highest BCUT2D eigenvalue weighted by Gasteiger charge is 2.38. The molecule has 0 heterocycles. The van der Waals surface area contributed by atoms with Gasteiger partial charge < -0.3 is 20.3 Å². The van der Waals surface area contributed by atoms with Gasteiger partial charge in [-0.15, -0.1) is 0 Å². The highest BCUT2D eigenvalue weighted by Crippen LogP contribution is 2.28. The van der Waals surface area contributed by atoms with Crippen LogP contribution < -0.4 is 10.6 Å². The number of thiol groups is 1. The fraction of sp³-hybridized carbons (Fsp3) is 0.625. The number of alkyl carbamates (subject to hydrolysis) is 1. The molecule has 0 aliphatic heterocycles. The Balaban J connectivity index is 3.43. The molecular formula is C24H39N3O4S. The molecule has 3 unspecified atom stereocenters. The van der Waals surface area contributed by atoms with Gasteiger partial charge in [-0.2, -0.15) is 12.6 Å². The molecule has 8 heteroatoms. The summed E-state index contributed by atoms with van der Waals surface area (Å²) in [4.78, 5) is 41.0. The Morgan fingerprint density at radius 2 is 1.69 bits per heavy atom. The molecule has 1 rings (SSSR count). The molecular weight excluding hydrogens is 426 g/mol. The third kappa shape index (κ3) is 8.04. The van der Waals surface area contributed by atoms with Crippen molar-refractivity contribution in [2.24, 2.45) is 0 Å². The van der Waals surface area contributed by atoms with Crippen LogP contribution in [0.15, 0.2) is 24.3 Å². The minimum Gasteiger partial charge on any atom is -0.444 e. The van der Waals surface area contributed by atoms with Crippen LogP contribution in [0.2, 0.25) is 0 Å². The fourth-order valence-corrected chi connectivity index (χ4v) is 3.53. The van der Waals surface area contributed by atoms with Gasteiger partial charge in [0.15, 0.2) is 0 Å². The first kappa shape index (κ1) is 27.8. The second-order valence-corrected chi connectivity index (χ2v) is 9.67. The highest BCUT2D eigenvalue weighted by molar-refractivity contribution is 7.80. The Kier molecular flexibility index (Phi) is 10.5. The van der Waals surface area contributed by atoms with Crippen molar-refractivity contribution in [3.63, 3.8) is 0 Å². The van der Waals surface area contributed by atoms with Gasteiger partial charge in [-0.3, -0.25) is 9.59 Å². The normalized spacial score (nSPS) is 14.3. The van der Waals surface area contributed by atoms with Crippen molar-refractivity contribution in [3.8, 4) is 0 Å². The van der Waals surface area contributed by atoms with Gasteiger partial charge in [-0.25, -0.2) is 4.79 Å². The van der Waals surface area contributed by atoms with Crippen molar-refractivity contribution in [1.29, 1.82) is 0 Å². The predicted octanol–water partition coefficient (Wildman–Crippen LogP) is 4.01. The maximum Gasteiger partial charge on any atom is 0.408 e. The third-order valence-corrected chi connectivity index (χ3v) is 5.30. The molecule has 0 saturated heterocycles. The van der Waals surface area contributed by atoms with Crippen molar-refractivity contribution < 1.29 is 19.1 Å². The van der Waals surface area contributed by atoms with E-state index in [4.69, 9.17) is 4.74 Å². The second kappa shape index (κ2) is 12.1. The first-order chi connectivity index (χ1) is 14.8. The molecule has 32 heavy (non-hydrogen) atoms. The molecule has 0 bridgehead atoms. The van der Waals surface area contributed by atoms with Gasteiger partial charge in [-0.1, -0.05) is 31.2 Å². The average molecular weight is 466 g/mol. The topological polar surface area (TPSA) is 87.7 Å². The molecule has 0 spiro atoms. The first-order valence-electron chi connectivity index (χ1n) is 11.1. The molecule has 2 N–H and O–H groups in total. The summed E-state index contributed by atoms with van der Waals surface area (Å²) < 4.78 is 5.32. The van der Waals surface area contributed by atoms with Crippen molar-refractivity contribution in [3.05, 3.63) is 35.4 Å². The second-order valence-electron chi connectivity index (χ2n) is 9.31. The van der Waals surface area contributed by atoms with Crippen LogP contribution in [0.4, 0.5) is 4.79 Å². The van der Waals surface area contributed by atoms with Gasteiger partial charge in [0.25, 0.3) is 0 Å². The highest BCUT2D eigenvalue weighted by atomic mass is 32.1. The van der Waals surface area contributed by atoms with E-state index >= 15 is 0 Å². The summed E-state index contributed by atoms with van der Waals surface area (Å²) in [5.41, 5.74) is 0.945. The Bertz CT molecular complexity index is 792. The quantitative estimate of drug-likeness (QED) is 0.481. The summed E-state index contributed by atoms with van der Waals surface area (Å²) in [5, 5.41) is 5.57. The Morgan fingerprint density at radius 3 is 2.16 bits per heavy atom. The Morgan fingerprint density at radius 1 is 1.09 bits per heavy atom. The monoisotopic (exact) mass is 465 g/mol.